The van der Waals surface area contributed by atoms with Crippen LogP contribution < -0.4 is 5.32 Å². The van der Waals surface area contributed by atoms with Gasteiger partial charge in [-0.05, 0) is 44.5 Å². The monoisotopic (exact) mass is 373 g/mol. The van der Waals surface area contributed by atoms with Crippen molar-refractivity contribution in [3.63, 3.8) is 0 Å². The van der Waals surface area contributed by atoms with Crippen LogP contribution in [0.2, 0.25) is 0 Å². The van der Waals surface area contributed by atoms with Crippen molar-refractivity contribution in [3.8, 4) is 0 Å². The summed E-state index contributed by atoms with van der Waals surface area (Å²) in [6.07, 6.45) is 3.23. The van der Waals surface area contributed by atoms with E-state index in [9.17, 15) is 9.59 Å². The Balaban J connectivity index is 1.97. The minimum absolute atomic E-state index is 0.00571. The van der Waals surface area contributed by atoms with Crippen LogP contribution in [0.25, 0.3) is 0 Å². The highest BCUT2D eigenvalue weighted by Gasteiger charge is 2.37. The highest BCUT2D eigenvalue weighted by Crippen LogP contribution is 2.24. The molecule has 1 heterocycles. The molecule has 1 aliphatic heterocycles. The number of carbonyl (C=O) groups is 2. The fourth-order valence-corrected chi connectivity index (χ4v) is 3.91. The molecule has 150 valence electrons. The van der Waals surface area contributed by atoms with Crippen LogP contribution in [0.5, 0.6) is 0 Å². The number of amides is 2. The van der Waals surface area contributed by atoms with E-state index < -0.39 is 0 Å². The molecule has 0 spiro atoms. The summed E-state index contributed by atoms with van der Waals surface area (Å²) in [6, 6.07) is 8.95. The largest absolute Gasteiger partial charge is 0.354 e. The Bertz CT molecular complexity index is 623. The summed E-state index contributed by atoms with van der Waals surface area (Å²) in [4.78, 5) is 29.0. The molecule has 0 aromatic heterocycles. The molecule has 2 unspecified atom stereocenters. The van der Waals surface area contributed by atoms with Crippen molar-refractivity contribution in [1.82, 2.24) is 15.1 Å². The maximum atomic E-state index is 12.7. The van der Waals surface area contributed by atoms with E-state index in [1.165, 1.54) is 11.1 Å². The maximum absolute atomic E-state index is 12.7. The lowest BCUT2D eigenvalue weighted by atomic mass is 10.0. The first-order chi connectivity index (χ1) is 12.9. The molecule has 0 saturated carbocycles. The van der Waals surface area contributed by atoms with Gasteiger partial charge in [0, 0.05) is 25.6 Å². The number of nitrogens with one attached hydrogen (secondary N) is 1. The molecule has 1 aromatic rings. The van der Waals surface area contributed by atoms with Crippen molar-refractivity contribution in [2.24, 2.45) is 5.92 Å². The topological polar surface area (TPSA) is 52.7 Å². The SMILES string of the molecule is CCc1ccc(C(CNC(=O)C2CC(=O)N(C(CC)CC)C2)N(C)C)cc1. The predicted molar refractivity (Wildman–Crippen MR) is 109 cm³/mol. The number of hydrogen-bond donors (Lipinski definition) is 1. The Morgan fingerprint density at radius 3 is 2.33 bits per heavy atom. The normalized spacial score (nSPS) is 18.4. The Morgan fingerprint density at radius 2 is 1.81 bits per heavy atom. The van der Waals surface area contributed by atoms with Gasteiger partial charge in [-0.25, -0.2) is 0 Å². The number of nitrogens with zero attached hydrogens (tertiary/aromatic N) is 2. The summed E-state index contributed by atoms with van der Waals surface area (Å²) in [7, 11) is 4.05. The van der Waals surface area contributed by atoms with E-state index in [-0.39, 0.29) is 29.8 Å². The van der Waals surface area contributed by atoms with Gasteiger partial charge in [0.2, 0.25) is 11.8 Å². The van der Waals surface area contributed by atoms with Gasteiger partial charge in [0.1, 0.15) is 0 Å². The number of rotatable bonds is 9. The zero-order valence-corrected chi connectivity index (χ0v) is 17.5. The third-order valence-corrected chi connectivity index (χ3v) is 5.78. The van der Waals surface area contributed by atoms with Crippen LogP contribution >= 0.6 is 0 Å². The number of likely N-dealkylation sites (N-methyl/N-ethyl adjacent to an activating group) is 1. The number of benzene rings is 1. The third-order valence-electron chi connectivity index (χ3n) is 5.78. The van der Waals surface area contributed by atoms with Gasteiger partial charge in [-0.1, -0.05) is 45.0 Å². The van der Waals surface area contributed by atoms with E-state index in [0.717, 1.165) is 19.3 Å². The van der Waals surface area contributed by atoms with Gasteiger partial charge >= 0.3 is 0 Å². The van der Waals surface area contributed by atoms with Gasteiger partial charge in [0.05, 0.1) is 12.0 Å². The molecule has 1 saturated heterocycles. The van der Waals surface area contributed by atoms with Crippen molar-refractivity contribution in [3.05, 3.63) is 35.4 Å². The van der Waals surface area contributed by atoms with E-state index in [2.05, 4.69) is 55.3 Å². The third kappa shape index (κ3) is 5.32. The van der Waals surface area contributed by atoms with Crippen molar-refractivity contribution < 1.29 is 9.59 Å². The molecular weight excluding hydrogens is 338 g/mol. The first-order valence-corrected chi connectivity index (χ1v) is 10.2. The minimum atomic E-state index is -0.233. The molecule has 1 N–H and O–H groups in total. The van der Waals surface area contributed by atoms with Crippen LogP contribution in [-0.2, 0) is 16.0 Å². The number of carbonyl (C=O) groups excluding carboxylic acids is 2. The first kappa shape index (κ1) is 21.4. The second-order valence-electron chi connectivity index (χ2n) is 7.74. The number of hydrogen-bond acceptors (Lipinski definition) is 3. The summed E-state index contributed by atoms with van der Waals surface area (Å²) in [6.45, 7) is 7.44. The van der Waals surface area contributed by atoms with E-state index in [1.54, 1.807) is 0 Å². The van der Waals surface area contributed by atoms with Crippen molar-refractivity contribution >= 4 is 11.8 Å². The highest BCUT2D eigenvalue weighted by atomic mass is 16.2. The molecule has 2 atom stereocenters. The van der Waals surface area contributed by atoms with Crippen LogP contribution in [0.3, 0.4) is 0 Å². The number of aryl methyl sites for hydroxylation is 1. The standard InChI is InChI=1S/C22H35N3O2/c1-6-16-9-11-17(12-10-16)20(24(4)5)14-23-22(27)18-13-21(26)25(15-18)19(7-2)8-3/h9-12,18-20H,6-8,13-15H2,1-5H3,(H,23,27). The summed E-state index contributed by atoms with van der Waals surface area (Å²) in [5.41, 5.74) is 2.50. The van der Waals surface area contributed by atoms with Crippen LogP contribution in [0.15, 0.2) is 24.3 Å². The quantitative estimate of drug-likeness (QED) is 0.724. The molecule has 5 nitrogen and oxygen atoms in total. The van der Waals surface area contributed by atoms with Crippen LogP contribution in [-0.4, -0.2) is 54.8 Å². The van der Waals surface area contributed by atoms with Gasteiger partial charge in [0.15, 0.2) is 0 Å². The van der Waals surface area contributed by atoms with E-state index >= 15 is 0 Å². The summed E-state index contributed by atoms with van der Waals surface area (Å²) < 4.78 is 0. The smallest absolute Gasteiger partial charge is 0.225 e. The van der Waals surface area contributed by atoms with Crippen LogP contribution in [0.4, 0.5) is 0 Å². The molecule has 2 rings (SSSR count). The second kappa shape index (κ2) is 9.88. The zero-order valence-electron chi connectivity index (χ0n) is 17.5. The van der Waals surface area contributed by atoms with Crippen LogP contribution in [0, 0.1) is 5.92 Å². The highest BCUT2D eigenvalue weighted by molar-refractivity contribution is 5.89. The Labute approximate surface area is 164 Å². The molecule has 1 aliphatic rings. The van der Waals surface area contributed by atoms with Crippen molar-refractivity contribution in [2.75, 3.05) is 27.2 Å². The van der Waals surface area contributed by atoms with Gasteiger partial charge in [-0.15, -0.1) is 0 Å². The average Bonchev–Trinajstić information content (AvgIpc) is 3.05. The minimum Gasteiger partial charge on any atom is -0.354 e. The molecule has 2 amide bonds. The van der Waals surface area contributed by atoms with Gasteiger partial charge in [-0.3, -0.25) is 9.59 Å². The Hall–Kier alpha value is -1.88. The fourth-order valence-electron chi connectivity index (χ4n) is 3.91. The molecule has 0 aliphatic carbocycles. The molecule has 5 heteroatoms. The van der Waals surface area contributed by atoms with Gasteiger partial charge < -0.3 is 15.1 Å². The molecule has 27 heavy (non-hydrogen) atoms. The average molecular weight is 374 g/mol. The zero-order chi connectivity index (χ0) is 20.0. The lowest BCUT2D eigenvalue weighted by Crippen LogP contribution is -2.40. The van der Waals surface area contributed by atoms with Gasteiger partial charge in [0.25, 0.3) is 0 Å². The molecular formula is C22H35N3O2. The molecule has 0 radical (unpaired) electrons. The first-order valence-electron chi connectivity index (χ1n) is 10.2. The molecule has 1 aromatic carbocycles. The van der Waals surface area contributed by atoms with Gasteiger partial charge in [-0.2, -0.15) is 0 Å². The van der Waals surface area contributed by atoms with E-state index in [1.807, 2.05) is 19.0 Å². The van der Waals surface area contributed by atoms with Crippen molar-refractivity contribution in [2.45, 2.75) is 58.5 Å². The fraction of sp³-hybridized carbons (Fsp3) is 0.636. The molecule has 1 fully saturated rings. The number of likely N-dealkylation sites (tertiary alicyclic amines) is 1. The summed E-state index contributed by atoms with van der Waals surface area (Å²) in [5, 5.41) is 3.09. The lowest BCUT2D eigenvalue weighted by Gasteiger charge is -2.27. The van der Waals surface area contributed by atoms with Crippen LogP contribution in [0.1, 0.15) is 57.2 Å². The Morgan fingerprint density at radius 1 is 1.19 bits per heavy atom. The maximum Gasteiger partial charge on any atom is 0.225 e. The lowest BCUT2D eigenvalue weighted by molar-refractivity contribution is -0.130. The van der Waals surface area contributed by atoms with Crippen molar-refractivity contribution in [1.29, 1.82) is 0 Å². The summed E-state index contributed by atoms with van der Waals surface area (Å²) >= 11 is 0. The summed E-state index contributed by atoms with van der Waals surface area (Å²) in [5.74, 6) is -0.125. The predicted octanol–water partition coefficient (Wildman–Crippen LogP) is 3.01. The molecule has 0 bridgehead atoms. The van der Waals surface area contributed by atoms with E-state index in [0.29, 0.717) is 19.5 Å². The Kier molecular flexibility index (Phi) is 7.84. The second-order valence-corrected chi connectivity index (χ2v) is 7.74. The van der Waals surface area contributed by atoms with E-state index in [4.69, 9.17) is 0 Å².